The Morgan fingerprint density at radius 2 is 0.977 bits per heavy atom. The summed E-state index contributed by atoms with van der Waals surface area (Å²) in [6.45, 7) is 0. The van der Waals surface area contributed by atoms with Gasteiger partial charge in [0.1, 0.15) is 0 Å². The van der Waals surface area contributed by atoms with Crippen molar-refractivity contribution in [1.82, 2.24) is 4.40 Å². The Morgan fingerprint density at radius 1 is 0.523 bits per heavy atom. The second-order valence-corrected chi connectivity index (χ2v) is 10.7. The molecule has 3 aromatic heterocycles. The first-order valence-electron chi connectivity index (χ1n) is 13.4. The van der Waals surface area contributed by atoms with Gasteiger partial charge in [-0.15, -0.1) is 11.3 Å². The number of ether oxygens (including phenoxy) is 4. The number of thiophene rings is 1. The summed E-state index contributed by atoms with van der Waals surface area (Å²) in [5, 5.41) is 1.89. The van der Waals surface area contributed by atoms with Gasteiger partial charge >= 0.3 is 23.9 Å². The van der Waals surface area contributed by atoms with E-state index in [2.05, 4.69) is 0 Å². The number of esters is 4. The molecule has 0 amide bonds. The molecule has 0 bridgehead atoms. The van der Waals surface area contributed by atoms with Gasteiger partial charge in [-0.1, -0.05) is 66.7 Å². The summed E-state index contributed by atoms with van der Waals surface area (Å²) in [5.41, 5.74) is 0.942. The van der Waals surface area contributed by atoms with Gasteiger partial charge < -0.3 is 23.3 Å². The van der Waals surface area contributed by atoms with E-state index in [0.717, 1.165) is 47.6 Å². The van der Waals surface area contributed by atoms with Crippen molar-refractivity contribution in [3.05, 3.63) is 101 Å². The summed E-state index contributed by atoms with van der Waals surface area (Å²) in [6, 6.07) is 24.6. The summed E-state index contributed by atoms with van der Waals surface area (Å²) in [5.74, 6) is -3.91. The van der Waals surface area contributed by atoms with Gasteiger partial charge in [0.2, 0.25) is 0 Å². The van der Waals surface area contributed by atoms with Crippen LogP contribution in [0.25, 0.3) is 48.3 Å². The lowest BCUT2D eigenvalue weighted by Crippen LogP contribution is -2.30. The number of hydrogen-bond donors (Lipinski definition) is 0. The molecule has 4 heterocycles. The Labute approximate surface area is 254 Å². The molecule has 5 aromatic rings. The van der Waals surface area contributed by atoms with Crippen LogP contribution in [0.2, 0.25) is 0 Å². The standard InChI is InChI=1S/C34H25NO8S/c1-40-31(36)23-21-17-11-16-20-22-26(30(19-14-9-6-10-15-19)44-29(22)18-12-7-5-8-13-18)28(35(20)21)27(34(39)43-4)25(33(38)42-3)24(23)32(37)41-2/h5-17H,1-4H3. The third kappa shape index (κ3) is 4.22. The quantitative estimate of drug-likeness (QED) is 0.212. The molecule has 9 nitrogen and oxygen atoms in total. The van der Waals surface area contributed by atoms with Crippen molar-refractivity contribution in [3.63, 3.8) is 0 Å². The van der Waals surface area contributed by atoms with Crippen LogP contribution in [-0.2, 0) is 38.1 Å². The van der Waals surface area contributed by atoms with Crippen LogP contribution in [0.5, 0.6) is 0 Å². The van der Waals surface area contributed by atoms with Crippen molar-refractivity contribution < 1.29 is 38.1 Å². The molecule has 6 rings (SSSR count). The van der Waals surface area contributed by atoms with E-state index < -0.39 is 35.0 Å². The van der Waals surface area contributed by atoms with E-state index >= 15 is 0 Å². The molecule has 1 aliphatic heterocycles. The van der Waals surface area contributed by atoms with Crippen molar-refractivity contribution in [2.45, 2.75) is 0 Å². The number of methoxy groups -OCH3 is 4. The Morgan fingerprint density at radius 3 is 1.50 bits per heavy atom. The van der Waals surface area contributed by atoms with E-state index in [4.69, 9.17) is 18.9 Å². The molecule has 0 saturated heterocycles. The van der Waals surface area contributed by atoms with Crippen molar-refractivity contribution >= 4 is 62.6 Å². The molecule has 1 aliphatic rings. The average Bonchev–Trinajstić information content (AvgIpc) is 3.58. The topological polar surface area (TPSA) is 110 Å². The van der Waals surface area contributed by atoms with E-state index in [1.165, 1.54) is 18.4 Å². The number of rotatable bonds is 6. The maximum absolute atomic E-state index is 13.9. The molecule has 0 fully saturated rings. The highest BCUT2D eigenvalue weighted by Gasteiger charge is 2.39. The van der Waals surface area contributed by atoms with Gasteiger partial charge in [-0.05, 0) is 23.3 Å². The monoisotopic (exact) mass is 607 g/mol. The number of carbonyl (C=O) groups excluding carboxylic acids is 4. The maximum Gasteiger partial charge on any atom is 0.340 e. The number of hydrogen-bond acceptors (Lipinski definition) is 9. The van der Waals surface area contributed by atoms with Crippen LogP contribution in [0.1, 0.15) is 0 Å². The summed E-state index contributed by atoms with van der Waals surface area (Å²) >= 11 is 1.53. The number of aromatic nitrogens is 1. The Bertz CT molecular complexity index is 2170. The minimum Gasteiger partial charge on any atom is -0.465 e. The predicted octanol–water partition coefficient (Wildman–Crippen LogP) is 3.79. The number of fused-ring (bicyclic) bond motifs is 3. The van der Waals surface area contributed by atoms with Gasteiger partial charge in [-0.25, -0.2) is 19.2 Å². The SMILES string of the molecule is COC(=O)C1=C(C(=O)OC)C(C(=O)OC)=c2c3c(-c4ccccc4)sc(-c4ccccc4)c3c3cccc(n23)=C1C(=O)OC. The lowest BCUT2D eigenvalue weighted by Gasteiger charge is -2.14. The average molecular weight is 608 g/mol. The van der Waals surface area contributed by atoms with Crippen LogP contribution in [0, 0.1) is 0 Å². The largest absolute Gasteiger partial charge is 0.465 e. The van der Waals surface area contributed by atoms with E-state index in [-0.39, 0.29) is 21.8 Å². The fourth-order valence-electron chi connectivity index (χ4n) is 5.69. The second kappa shape index (κ2) is 11.3. The van der Waals surface area contributed by atoms with Crippen LogP contribution < -0.4 is 10.7 Å². The molecule has 2 aromatic carbocycles. The molecule has 0 atom stereocenters. The Balaban J connectivity index is 2.04. The number of carbonyl (C=O) groups is 4. The molecule has 0 saturated carbocycles. The predicted molar refractivity (Wildman–Crippen MR) is 165 cm³/mol. The molecule has 0 N–H and O–H groups in total. The minimum absolute atomic E-state index is 0.212. The zero-order valence-corrected chi connectivity index (χ0v) is 24.9. The normalized spacial score (nSPS) is 12.7. The van der Waals surface area contributed by atoms with E-state index in [9.17, 15) is 19.2 Å². The highest BCUT2D eigenvalue weighted by Crippen LogP contribution is 2.45. The third-order valence-corrected chi connectivity index (χ3v) is 8.78. The molecule has 0 radical (unpaired) electrons. The Hall–Kier alpha value is -5.48. The van der Waals surface area contributed by atoms with Gasteiger partial charge in [0.25, 0.3) is 0 Å². The van der Waals surface area contributed by atoms with Gasteiger partial charge in [0.15, 0.2) is 0 Å². The van der Waals surface area contributed by atoms with Crippen molar-refractivity contribution in [2.24, 2.45) is 0 Å². The summed E-state index contributed by atoms with van der Waals surface area (Å²) < 4.78 is 22.3. The van der Waals surface area contributed by atoms with E-state index in [1.807, 2.05) is 66.7 Å². The molecule has 0 unspecified atom stereocenters. The van der Waals surface area contributed by atoms with Crippen LogP contribution in [0.3, 0.4) is 0 Å². The maximum atomic E-state index is 13.9. The Kier molecular flexibility index (Phi) is 7.36. The van der Waals surface area contributed by atoms with Crippen LogP contribution in [-0.4, -0.2) is 56.7 Å². The highest BCUT2D eigenvalue weighted by atomic mass is 32.1. The number of nitrogens with zero attached hydrogens (tertiary/aromatic N) is 1. The fraction of sp³-hybridized carbons (Fsp3) is 0.118. The molecule has 0 aliphatic carbocycles. The second-order valence-electron chi connectivity index (χ2n) is 9.69. The molecule has 220 valence electrons. The lowest BCUT2D eigenvalue weighted by atomic mass is 9.93. The first kappa shape index (κ1) is 28.6. The first-order chi connectivity index (χ1) is 21.4. The van der Waals surface area contributed by atoms with Crippen molar-refractivity contribution in [2.75, 3.05) is 28.4 Å². The first-order valence-corrected chi connectivity index (χ1v) is 14.2. The molecule has 44 heavy (non-hydrogen) atoms. The van der Waals surface area contributed by atoms with Crippen LogP contribution in [0.15, 0.2) is 90.0 Å². The summed E-state index contributed by atoms with van der Waals surface area (Å²) in [6.07, 6.45) is 0. The lowest BCUT2D eigenvalue weighted by molar-refractivity contribution is -0.140. The molecule has 0 spiro atoms. The zero-order chi connectivity index (χ0) is 31.1. The van der Waals surface area contributed by atoms with Gasteiger partial charge in [-0.3, -0.25) is 0 Å². The third-order valence-electron chi connectivity index (χ3n) is 7.49. The highest BCUT2D eigenvalue weighted by molar-refractivity contribution is 7.21. The van der Waals surface area contributed by atoms with Crippen LogP contribution >= 0.6 is 11.3 Å². The van der Waals surface area contributed by atoms with Gasteiger partial charge in [-0.2, -0.15) is 0 Å². The smallest absolute Gasteiger partial charge is 0.340 e. The fourth-order valence-corrected chi connectivity index (χ4v) is 7.02. The van der Waals surface area contributed by atoms with Gasteiger partial charge in [0, 0.05) is 20.5 Å². The van der Waals surface area contributed by atoms with Crippen molar-refractivity contribution in [3.8, 4) is 20.9 Å². The summed E-state index contributed by atoms with van der Waals surface area (Å²) in [4.78, 5) is 56.3. The van der Waals surface area contributed by atoms with E-state index in [0.29, 0.717) is 10.9 Å². The van der Waals surface area contributed by atoms with Crippen LogP contribution in [0.4, 0.5) is 0 Å². The zero-order valence-electron chi connectivity index (χ0n) is 24.1. The van der Waals surface area contributed by atoms with Crippen molar-refractivity contribution in [1.29, 1.82) is 0 Å². The number of pyridine rings is 1. The molecular weight excluding hydrogens is 582 g/mol. The summed E-state index contributed by atoms with van der Waals surface area (Å²) in [7, 11) is 4.56. The van der Waals surface area contributed by atoms with E-state index in [1.54, 1.807) is 16.5 Å². The minimum atomic E-state index is -1.04. The van der Waals surface area contributed by atoms with Gasteiger partial charge in [0.05, 0.1) is 66.9 Å². The molecule has 10 heteroatoms. The molecular formula is C34H25NO8S. The number of benzene rings is 2.